The van der Waals surface area contributed by atoms with Crippen LogP contribution in [0.25, 0.3) is 0 Å². The van der Waals surface area contributed by atoms with Crippen LogP contribution >= 0.6 is 0 Å². The average molecular weight is 234 g/mol. The van der Waals surface area contributed by atoms with Gasteiger partial charge in [0, 0.05) is 0 Å². The van der Waals surface area contributed by atoms with Crippen LogP contribution in [0.2, 0.25) is 0 Å². The number of carboxylic acids is 1. The molecule has 0 saturated heterocycles. The lowest BCUT2D eigenvalue weighted by atomic mass is 10.1. The molecular formula is C14H18O3. The minimum Gasteiger partial charge on any atom is -0.490 e. The third kappa shape index (κ3) is 3.48. The minimum absolute atomic E-state index is 0.251. The molecule has 1 aromatic carbocycles. The fourth-order valence-electron chi connectivity index (χ4n) is 2.25. The zero-order valence-corrected chi connectivity index (χ0v) is 9.89. The van der Waals surface area contributed by atoms with E-state index in [9.17, 15) is 4.79 Å². The normalized spacial score (nSPS) is 17.4. The number of hydrogen-bond donors (Lipinski definition) is 1. The number of aromatic carboxylic acids is 1. The van der Waals surface area contributed by atoms with Crippen molar-refractivity contribution in [2.45, 2.75) is 44.6 Å². The van der Waals surface area contributed by atoms with E-state index in [1.165, 1.54) is 25.7 Å². The fourth-order valence-corrected chi connectivity index (χ4v) is 2.25. The van der Waals surface area contributed by atoms with E-state index >= 15 is 0 Å². The van der Waals surface area contributed by atoms with E-state index in [1.807, 2.05) is 6.07 Å². The van der Waals surface area contributed by atoms with Crippen LogP contribution in [0.4, 0.5) is 0 Å². The van der Waals surface area contributed by atoms with Gasteiger partial charge in [0.05, 0.1) is 11.7 Å². The molecule has 1 fully saturated rings. The Bertz CT molecular complexity index is 379. The zero-order valence-electron chi connectivity index (χ0n) is 9.89. The van der Waals surface area contributed by atoms with Crippen molar-refractivity contribution >= 4 is 5.97 Å². The third-order valence-corrected chi connectivity index (χ3v) is 3.19. The number of carbonyl (C=O) groups is 1. The predicted octanol–water partition coefficient (Wildman–Crippen LogP) is 3.49. The maximum atomic E-state index is 10.8. The highest BCUT2D eigenvalue weighted by atomic mass is 16.5. The summed E-state index contributed by atoms with van der Waals surface area (Å²) in [6.45, 7) is 0. The molecule has 1 aliphatic carbocycles. The second-order valence-corrected chi connectivity index (χ2v) is 4.56. The Balaban J connectivity index is 2.01. The molecule has 1 N–H and O–H groups in total. The standard InChI is InChI=1S/C14H18O3/c15-14(16)11-6-5-9-13(10-11)17-12-7-3-1-2-4-8-12/h5-6,9-10,12H,1-4,7-8H2,(H,15,16). The lowest BCUT2D eigenvalue weighted by Gasteiger charge is -2.17. The Morgan fingerprint density at radius 1 is 1.18 bits per heavy atom. The summed E-state index contributed by atoms with van der Waals surface area (Å²) in [6.07, 6.45) is 7.41. The van der Waals surface area contributed by atoms with Gasteiger partial charge in [0.2, 0.25) is 0 Å². The minimum atomic E-state index is -0.906. The van der Waals surface area contributed by atoms with Crippen molar-refractivity contribution in [2.75, 3.05) is 0 Å². The quantitative estimate of drug-likeness (QED) is 0.814. The van der Waals surface area contributed by atoms with Crippen molar-refractivity contribution in [3.63, 3.8) is 0 Å². The molecule has 0 amide bonds. The van der Waals surface area contributed by atoms with Gasteiger partial charge in [-0.1, -0.05) is 18.9 Å². The molecule has 0 spiro atoms. The van der Waals surface area contributed by atoms with E-state index in [0.717, 1.165) is 12.8 Å². The average Bonchev–Trinajstić information content (AvgIpc) is 2.58. The molecule has 92 valence electrons. The fraction of sp³-hybridized carbons (Fsp3) is 0.500. The number of hydrogen-bond acceptors (Lipinski definition) is 2. The third-order valence-electron chi connectivity index (χ3n) is 3.19. The van der Waals surface area contributed by atoms with Crippen molar-refractivity contribution in [2.24, 2.45) is 0 Å². The van der Waals surface area contributed by atoms with Crippen molar-refractivity contribution in [3.05, 3.63) is 29.8 Å². The Kier molecular flexibility index (Phi) is 4.02. The molecule has 0 radical (unpaired) electrons. The van der Waals surface area contributed by atoms with E-state index in [-0.39, 0.29) is 11.7 Å². The molecule has 0 heterocycles. The van der Waals surface area contributed by atoms with Crippen LogP contribution in [-0.4, -0.2) is 17.2 Å². The Morgan fingerprint density at radius 2 is 1.88 bits per heavy atom. The van der Waals surface area contributed by atoms with Crippen molar-refractivity contribution in [1.29, 1.82) is 0 Å². The van der Waals surface area contributed by atoms with Crippen LogP contribution in [-0.2, 0) is 0 Å². The van der Waals surface area contributed by atoms with Gasteiger partial charge in [0.15, 0.2) is 0 Å². The topological polar surface area (TPSA) is 46.5 Å². The molecular weight excluding hydrogens is 216 g/mol. The Labute approximate surface area is 101 Å². The first-order chi connectivity index (χ1) is 8.25. The monoisotopic (exact) mass is 234 g/mol. The summed E-state index contributed by atoms with van der Waals surface area (Å²) in [5.74, 6) is -0.229. The van der Waals surface area contributed by atoms with Crippen LogP contribution in [0.15, 0.2) is 24.3 Å². The largest absolute Gasteiger partial charge is 0.490 e. The van der Waals surface area contributed by atoms with Gasteiger partial charge in [-0.3, -0.25) is 0 Å². The van der Waals surface area contributed by atoms with Gasteiger partial charge in [-0.2, -0.15) is 0 Å². The van der Waals surface area contributed by atoms with E-state index < -0.39 is 5.97 Å². The van der Waals surface area contributed by atoms with Crippen LogP contribution in [0.5, 0.6) is 5.75 Å². The molecule has 1 saturated carbocycles. The number of rotatable bonds is 3. The SMILES string of the molecule is O=C(O)c1cccc(OC2CCCCCC2)c1. The van der Waals surface area contributed by atoms with Crippen molar-refractivity contribution in [3.8, 4) is 5.75 Å². The molecule has 3 nitrogen and oxygen atoms in total. The number of benzene rings is 1. The van der Waals surface area contributed by atoms with Crippen LogP contribution < -0.4 is 4.74 Å². The van der Waals surface area contributed by atoms with Crippen LogP contribution in [0, 0.1) is 0 Å². The highest BCUT2D eigenvalue weighted by molar-refractivity contribution is 5.87. The predicted molar refractivity (Wildman–Crippen MR) is 65.5 cm³/mol. The first-order valence-electron chi connectivity index (χ1n) is 6.26. The summed E-state index contributed by atoms with van der Waals surface area (Å²) >= 11 is 0. The Hall–Kier alpha value is -1.51. The first kappa shape index (κ1) is 12.0. The lowest BCUT2D eigenvalue weighted by molar-refractivity contribution is 0.0696. The van der Waals surface area contributed by atoms with Gasteiger partial charge < -0.3 is 9.84 Å². The lowest BCUT2D eigenvalue weighted by Crippen LogP contribution is -2.15. The maximum absolute atomic E-state index is 10.8. The Morgan fingerprint density at radius 3 is 2.53 bits per heavy atom. The highest BCUT2D eigenvalue weighted by Crippen LogP contribution is 2.23. The smallest absolute Gasteiger partial charge is 0.335 e. The number of carboxylic acid groups (broad SMARTS) is 1. The number of ether oxygens (including phenoxy) is 1. The first-order valence-corrected chi connectivity index (χ1v) is 6.26. The van der Waals surface area contributed by atoms with Gasteiger partial charge >= 0.3 is 5.97 Å². The molecule has 0 atom stereocenters. The van der Waals surface area contributed by atoms with Crippen LogP contribution in [0.3, 0.4) is 0 Å². The van der Waals surface area contributed by atoms with Crippen molar-refractivity contribution < 1.29 is 14.6 Å². The summed E-state index contributed by atoms with van der Waals surface area (Å²) in [4.78, 5) is 10.8. The van der Waals surface area contributed by atoms with Gasteiger partial charge in [0.25, 0.3) is 0 Å². The van der Waals surface area contributed by atoms with Gasteiger partial charge in [0.1, 0.15) is 5.75 Å². The second kappa shape index (κ2) is 5.71. The second-order valence-electron chi connectivity index (χ2n) is 4.56. The summed E-state index contributed by atoms with van der Waals surface area (Å²) in [7, 11) is 0. The van der Waals surface area contributed by atoms with Crippen LogP contribution in [0.1, 0.15) is 48.9 Å². The molecule has 0 bridgehead atoms. The van der Waals surface area contributed by atoms with E-state index in [0.29, 0.717) is 5.75 Å². The highest BCUT2D eigenvalue weighted by Gasteiger charge is 2.14. The van der Waals surface area contributed by atoms with E-state index in [2.05, 4.69) is 0 Å². The summed E-state index contributed by atoms with van der Waals surface area (Å²) in [5.41, 5.74) is 0.288. The molecule has 1 aliphatic rings. The zero-order chi connectivity index (χ0) is 12.1. The summed E-state index contributed by atoms with van der Waals surface area (Å²) in [6, 6.07) is 6.75. The summed E-state index contributed by atoms with van der Waals surface area (Å²) in [5, 5.41) is 8.90. The van der Waals surface area contributed by atoms with E-state index in [1.54, 1.807) is 18.2 Å². The molecule has 0 aliphatic heterocycles. The van der Waals surface area contributed by atoms with Gasteiger partial charge in [-0.05, 0) is 43.9 Å². The molecule has 1 aromatic rings. The maximum Gasteiger partial charge on any atom is 0.335 e. The summed E-state index contributed by atoms with van der Waals surface area (Å²) < 4.78 is 5.86. The molecule has 0 unspecified atom stereocenters. The van der Waals surface area contributed by atoms with Gasteiger partial charge in [-0.25, -0.2) is 4.79 Å². The van der Waals surface area contributed by atoms with Gasteiger partial charge in [-0.15, -0.1) is 0 Å². The molecule has 0 aromatic heterocycles. The van der Waals surface area contributed by atoms with Crippen molar-refractivity contribution in [1.82, 2.24) is 0 Å². The molecule has 17 heavy (non-hydrogen) atoms. The van der Waals surface area contributed by atoms with E-state index in [4.69, 9.17) is 9.84 Å². The molecule has 2 rings (SSSR count). The molecule has 3 heteroatoms.